The van der Waals surface area contributed by atoms with Crippen LogP contribution in [0.1, 0.15) is 355 Å². The summed E-state index contributed by atoms with van der Waals surface area (Å²) in [5.74, 6) is -0.877. The fourth-order valence-corrected chi connectivity index (χ4v) is 10.1. The van der Waals surface area contributed by atoms with E-state index in [1.165, 1.54) is 212 Å². The topological polar surface area (TPSA) is 78.9 Å². The molecular weight excluding hydrogens is 973 g/mol. The second-order valence-electron chi connectivity index (χ2n) is 23.1. The van der Waals surface area contributed by atoms with Crippen molar-refractivity contribution in [3.8, 4) is 0 Å². The predicted octanol–water partition coefficient (Wildman–Crippen LogP) is 23.7. The Balaban J connectivity index is 4.36. The van der Waals surface area contributed by atoms with Crippen LogP contribution in [0, 0.1) is 0 Å². The first kappa shape index (κ1) is 75.8. The Labute approximate surface area is 491 Å². The number of carbonyl (C=O) groups excluding carboxylic acids is 3. The molecule has 458 valence electrons. The molecule has 1 atom stereocenters. The minimum Gasteiger partial charge on any atom is -0.462 e. The van der Waals surface area contributed by atoms with E-state index < -0.39 is 6.10 Å². The maximum absolute atomic E-state index is 13.0. The predicted molar refractivity (Wildman–Crippen MR) is 344 cm³/mol. The van der Waals surface area contributed by atoms with Crippen molar-refractivity contribution in [1.82, 2.24) is 0 Å². The number of rotatable bonds is 63. The molecule has 0 fully saturated rings. The molecule has 0 spiro atoms. The van der Waals surface area contributed by atoms with Crippen LogP contribution < -0.4 is 0 Å². The smallest absolute Gasteiger partial charge is 0.306 e. The number of hydrogen-bond acceptors (Lipinski definition) is 6. The van der Waals surface area contributed by atoms with Crippen molar-refractivity contribution in [2.45, 2.75) is 361 Å². The average Bonchev–Trinajstić information content (AvgIpc) is 3.45. The minimum absolute atomic E-state index is 0.0799. The van der Waals surface area contributed by atoms with Gasteiger partial charge in [0.15, 0.2) is 6.10 Å². The molecule has 0 aromatic carbocycles. The first-order valence-electron chi connectivity index (χ1n) is 34.4. The highest BCUT2D eigenvalue weighted by Gasteiger charge is 2.19. The van der Waals surface area contributed by atoms with Gasteiger partial charge in [0.05, 0.1) is 0 Å². The Hall–Kier alpha value is -3.15. The Morgan fingerprint density at radius 3 is 0.785 bits per heavy atom. The van der Waals surface area contributed by atoms with E-state index in [-0.39, 0.29) is 31.1 Å². The standard InChI is InChI=1S/C73H130O6/c1-4-7-10-13-16-19-22-25-28-31-33-35-37-39-40-42-45-48-51-54-57-60-63-66-72(75)78-69-70(68-77-71(74)65-62-59-56-53-50-47-44-30-27-24-21-18-15-12-9-6-3)79-73(76)67-64-61-58-55-52-49-46-43-41-38-36-34-32-29-26-23-20-17-14-11-8-5-2/h7,10,16,19,25,28,30,33,35,39-40,44,70H,4-6,8-9,11-15,17-18,20-24,26-27,29,31-32,34,36-38,41-43,45-69H2,1-3H3/b10-7-,19-16-,28-25-,35-33-,40-39-,44-30-. The third-order valence-electron chi connectivity index (χ3n) is 15.2. The number of hydrogen-bond donors (Lipinski definition) is 0. The molecule has 0 N–H and O–H groups in total. The second kappa shape index (κ2) is 67.4. The van der Waals surface area contributed by atoms with E-state index in [0.29, 0.717) is 19.3 Å². The van der Waals surface area contributed by atoms with Crippen LogP contribution in [0.4, 0.5) is 0 Å². The Bertz CT molecular complexity index is 1450. The van der Waals surface area contributed by atoms with Gasteiger partial charge >= 0.3 is 17.9 Å². The molecule has 0 aromatic rings. The Morgan fingerprint density at radius 1 is 0.266 bits per heavy atom. The maximum atomic E-state index is 13.0. The molecule has 0 aromatic heterocycles. The SMILES string of the molecule is CC/C=C\C/C=C\C/C=C\C/C=C\C/C=C\CCCCCCCCCC(=O)OCC(COC(=O)CCCCCCC/C=C\CCCCCCCCC)OC(=O)CCCCCCCCCCCCCCCCCCCCCCCC. The molecule has 0 heterocycles. The molecule has 79 heavy (non-hydrogen) atoms. The average molecular weight is 1100 g/mol. The zero-order valence-electron chi connectivity index (χ0n) is 52.6. The van der Waals surface area contributed by atoms with Crippen LogP contribution in [0.2, 0.25) is 0 Å². The van der Waals surface area contributed by atoms with Crippen LogP contribution in [-0.2, 0) is 28.6 Å². The summed E-state index contributed by atoms with van der Waals surface area (Å²) in [5, 5.41) is 0. The van der Waals surface area contributed by atoms with E-state index in [1.807, 2.05) is 0 Å². The molecule has 0 saturated carbocycles. The van der Waals surface area contributed by atoms with Crippen molar-refractivity contribution < 1.29 is 28.6 Å². The summed E-state index contributed by atoms with van der Waals surface area (Å²) in [5.41, 5.74) is 0. The zero-order chi connectivity index (χ0) is 57.1. The molecule has 1 unspecified atom stereocenters. The number of unbranched alkanes of at least 4 members (excludes halogenated alkanes) is 40. The van der Waals surface area contributed by atoms with Crippen molar-refractivity contribution in [3.05, 3.63) is 72.9 Å². The van der Waals surface area contributed by atoms with E-state index in [2.05, 4.69) is 93.7 Å². The van der Waals surface area contributed by atoms with E-state index >= 15 is 0 Å². The highest BCUT2D eigenvalue weighted by Crippen LogP contribution is 2.18. The molecule has 0 amide bonds. The summed E-state index contributed by atoms with van der Waals surface area (Å²) >= 11 is 0. The summed E-state index contributed by atoms with van der Waals surface area (Å²) < 4.78 is 17.0. The fraction of sp³-hybridized carbons (Fsp3) is 0.795. The third kappa shape index (κ3) is 65.5. The molecule has 0 aliphatic carbocycles. The van der Waals surface area contributed by atoms with Crippen LogP contribution in [-0.4, -0.2) is 37.2 Å². The van der Waals surface area contributed by atoms with Crippen LogP contribution in [0.3, 0.4) is 0 Å². The highest BCUT2D eigenvalue weighted by atomic mass is 16.6. The van der Waals surface area contributed by atoms with Crippen molar-refractivity contribution >= 4 is 17.9 Å². The van der Waals surface area contributed by atoms with E-state index in [9.17, 15) is 14.4 Å². The summed E-state index contributed by atoms with van der Waals surface area (Å²) in [7, 11) is 0. The van der Waals surface area contributed by atoms with Gasteiger partial charge in [0.1, 0.15) is 13.2 Å². The lowest BCUT2D eigenvalue weighted by molar-refractivity contribution is -0.167. The van der Waals surface area contributed by atoms with Crippen molar-refractivity contribution in [3.63, 3.8) is 0 Å². The highest BCUT2D eigenvalue weighted by molar-refractivity contribution is 5.71. The van der Waals surface area contributed by atoms with Gasteiger partial charge in [0.25, 0.3) is 0 Å². The number of ether oxygens (including phenoxy) is 3. The van der Waals surface area contributed by atoms with Gasteiger partial charge in [-0.15, -0.1) is 0 Å². The maximum Gasteiger partial charge on any atom is 0.306 e. The molecule has 0 aliphatic rings. The number of allylic oxidation sites excluding steroid dienone is 12. The molecule has 0 saturated heterocycles. The fourth-order valence-electron chi connectivity index (χ4n) is 10.1. The summed E-state index contributed by atoms with van der Waals surface area (Å²) in [6, 6.07) is 0. The Kier molecular flexibility index (Phi) is 64.7. The van der Waals surface area contributed by atoms with Crippen LogP contribution in [0.15, 0.2) is 72.9 Å². The molecule has 6 heteroatoms. The number of esters is 3. The molecule has 0 rings (SSSR count). The molecule has 0 aliphatic heterocycles. The van der Waals surface area contributed by atoms with E-state index in [0.717, 1.165) is 103 Å². The van der Waals surface area contributed by atoms with Crippen LogP contribution >= 0.6 is 0 Å². The first-order valence-corrected chi connectivity index (χ1v) is 34.4. The molecular formula is C73H130O6. The van der Waals surface area contributed by atoms with Crippen molar-refractivity contribution in [1.29, 1.82) is 0 Å². The molecule has 6 nitrogen and oxygen atoms in total. The van der Waals surface area contributed by atoms with Gasteiger partial charge in [-0.3, -0.25) is 14.4 Å². The lowest BCUT2D eigenvalue weighted by Crippen LogP contribution is -2.30. The largest absolute Gasteiger partial charge is 0.462 e. The van der Waals surface area contributed by atoms with Gasteiger partial charge in [-0.05, 0) is 89.9 Å². The van der Waals surface area contributed by atoms with E-state index in [1.54, 1.807) is 0 Å². The molecule has 0 bridgehead atoms. The summed E-state index contributed by atoms with van der Waals surface area (Å²) in [4.78, 5) is 38.4. The lowest BCUT2D eigenvalue weighted by Gasteiger charge is -2.18. The Morgan fingerprint density at radius 2 is 0.494 bits per heavy atom. The first-order chi connectivity index (χ1) is 39.0. The minimum atomic E-state index is -0.784. The van der Waals surface area contributed by atoms with E-state index in [4.69, 9.17) is 14.2 Å². The van der Waals surface area contributed by atoms with Crippen molar-refractivity contribution in [2.24, 2.45) is 0 Å². The van der Waals surface area contributed by atoms with Gasteiger partial charge in [0, 0.05) is 19.3 Å². The normalized spacial score (nSPS) is 12.5. The summed E-state index contributed by atoms with van der Waals surface area (Å²) in [6.45, 7) is 6.57. The second-order valence-corrected chi connectivity index (χ2v) is 23.1. The monoisotopic (exact) mass is 1100 g/mol. The lowest BCUT2D eigenvalue weighted by atomic mass is 10.0. The van der Waals surface area contributed by atoms with Gasteiger partial charge in [0.2, 0.25) is 0 Å². The van der Waals surface area contributed by atoms with Crippen molar-refractivity contribution in [2.75, 3.05) is 13.2 Å². The van der Waals surface area contributed by atoms with Gasteiger partial charge < -0.3 is 14.2 Å². The third-order valence-corrected chi connectivity index (χ3v) is 15.2. The summed E-state index contributed by atoms with van der Waals surface area (Å²) in [6.07, 6.45) is 87.7. The quantitative estimate of drug-likeness (QED) is 0.0261. The van der Waals surface area contributed by atoms with Gasteiger partial charge in [-0.25, -0.2) is 0 Å². The van der Waals surface area contributed by atoms with Crippen LogP contribution in [0.5, 0.6) is 0 Å². The number of carbonyl (C=O) groups is 3. The zero-order valence-corrected chi connectivity index (χ0v) is 52.6. The van der Waals surface area contributed by atoms with Gasteiger partial charge in [-0.2, -0.15) is 0 Å². The molecule has 0 radical (unpaired) electrons. The van der Waals surface area contributed by atoms with Gasteiger partial charge in [-0.1, -0.05) is 318 Å². The van der Waals surface area contributed by atoms with Crippen LogP contribution in [0.25, 0.3) is 0 Å².